The Hall–Kier alpha value is -1.58. The van der Waals surface area contributed by atoms with E-state index in [1.165, 1.54) is 0 Å². The second kappa shape index (κ2) is 4.60. The van der Waals surface area contributed by atoms with Crippen molar-refractivity contribution in [2.24, 2.45) is 5.73 Å². The van der Waals surface area contributed by atoms with Gasteiger partial charge in [0.15, 0.2) is 0 Å². The number of hydrogen-bond donors (Lipinski definition) is 2. The third-order valence-corrected chi connectivity index (χ3v) is 1.94. The molecule has 0 amide bonds. The van der Waals surface area contributed by atoms with E-state index in [-0.39, 0.29) is 11.9 Å². The van der Waals surface area contributed by atoms with Crippen LogP contribution in [0.3, 0.4) is 0 Å². The number of nitrogens with zero attached hydrogens (tertiary/aromatic N) is 1. The number of nitrogens with one attached hydrogen (secondary N) is 1. The smallest absolute Gasteiger partial charge is 0.213 e. The van der Waals surface area contributed by atoms with Crippen molar-refractivity contribution >= 4 is 5.84 Å². The van der Waals surface area contributed by atoms with Gasteiger partial charge in [-0.2, -0.15) is 0 Å². The van der Waals surface area contributed by atoms with Crippen LogP contribution in [0.5, 0.6) is 5.88 Å². The molecule has 0 bridgehead atoms. The highest BCUT2D eigenvalue weighted by Gasteiger charge is 2.02. The zero-order valence-electron chi connectivity index (χ0n) is 8.45. The second-order valence-corrected chi connectivity index (χ2v) is 3.14. The molecule has 1 rings (SSSR count). The molecule has 1 aromatic rings. The number of pyridine rings is 1. The molecule has 1 atom stereocenters. The fourth-order valence-electron chi connectivity index (χ4n) is 0.899. The zero-order chi connectivity index (χ0) is 10.6. The first kappa shape index (κ1) is 10.5. The van der Waals surface area contributed by atoms with Gasteiger partial charge >= 0.3 is 0 Å². The number of amidine groups is 1. The van der Waals surface area contributed by atoms with Crippen LogP contribution in [0.1, 0.15) is 25.8 Å². The third kappa shape index (κ3) is 2.73. The van der Waals surface area contributed by atoms with Crippen molar-refractivity contribution in [1.82, 2.24) is 4.98 Å². The summed E-state index contributed by atoms with van der Waals surface area (Å²) in [5, 5.41) is 7.18. The molecule has 0 aromatic carbocycles. The van der Waals surface area contributed by atoms with Crippen LogP contribution in [0.15, 0.2) is 18.3 Å². The number of nitrogens with two attached hydrogens (primary N) is 1. The van der Waals surface area contributed by atoms with E-state index in [2.05, 4.69) is 11.9 Å². The van der Waals surface area contributed by atoms with Crippen molar-refractivity contribution < 1.29 is 4.74 Å². The van der Waals surface area contributed by atoms with Gasteiger partial charge in [0, 0.05) is 17.8 Å². The highest BCUT2D eigenvalue weighted by Crippen LogP contribution is 2.10. The average molecular weight is 193 g/mol. The van der Waals surface area contributed by atoms with Crippen LogP contribution in [-0.2, 0) is 0 Å². The molecule has 4 heteroatoms. The molecule has 0 saturated heterocycles. The van der Waals surface area contributed by atoms with E-state index in [1.807, 2.05) is 6.92 Å². The molecule has 4 nitrogen and oxygen atoms in total. The van der Waals surface area contributed by atoms with Gasteiger partial charge in [0.2, 0.25) is 5.88 Å². The minimum absolute atomic E-state index is 0.0209. The lowest BCUT2D eigenvalue weighted by Crippen LogP contribution is -2.13. The van der Waals surface area contributed by atoms with Crippen LogP contribution in [0.4, 0.5) is 0 Å². The van der Waals surface area contributed by atoms with Gasteiger partial charge in [0.1, 0.15) is 5.84 Å². The molecule has 1 heterocycles. The van der Waals surface area contributed by atoms with E-state index >= 15 is 0 Å². The monoisotopic (exact) mass is 193 g/mol. The Labute approximate surface area is 83.6 Å². The normalized spacial score (nSPS) is 12.1. The highest BCUT2D eigenvalue weighted by molar-refractivity contribution is 5.94. The molecule has 0 radical (unpaired) electrons. The molecule has 0 aliphatic heterocycles. The third-order valence-electron chi connectivity index (χ3n) is 1.94. The lowest BCUT2D eigenvalue weighted by molar-refractivity contribution is 0.208. The van der Waals surface area contributed by atoms with Crippen molar-refractivity contribution in [3.05, 3.63) is 23.9 Å². The van der Waals surface area contributed by atoms with Gasteiger partial charge < -0.3 is 10.5 Å². The Morgan fingerprint density at radius 2 is 2.36 bits per heavy atom. The first-order valence-electron chi connectivity index (χ1n) is 4.60. The summed E-state index contributed by atoms with van der Waals surface area (Å²) in [6.45, 7) is 4.04. The SMILES string of the molecule is CCC(C)Oc1ccc(C(=N)N)cn1. The highest BCUT2D eigenvalue weighted by atomic mass is 16.5. The van der Waals surface area contributed by atoms with Gasteiger partial charge in [-0.25, -0.2) is 4.98 Å². The molecule has 0 aliphatic carbocycles. The zero-order valence-corrected chi connectivity index (χ0v) is 8.45. The minimum atomic E-state index is 0.0209. The number of aromatic nitrogens is 1. The van der Waals surface area contributed by atoms with Crippen LogP contribution in [-0.4, -0.2) is 16.9 Å². The minimum Gasteiger partial charge on any atom is -0.475 e. The largest absolute Gasteiger partial charge is 0.475 e. The summed E-state index contributed by atoms with van der Waals surface area (Å²) in [5.41, 5.74) is 5.91. The summed E-state index contributed by atoms with van der Waals surface area (Å²) in [7, 11) is 0. The maximum absolute atomic E-state index is 7.18. The fourth-order valence-corrected chi connectivity index (χ4v) is 0.899. The summed E-state index contributed by atoms with van der Waals surface area (Å²) < 4.78 is 5.48. The van der Waals surface area contributed by atoms with Gasteiger partial charge in [-0.15, -0.1) is 0 Å². The van der Waals surface area contributed by atoms with Crippen molar-refractivity contribution in [3.8, 4) is 5.88 Å². The van der Waals surface area contributed by atoms with Crippen LogP contribution < -0.4 is 10.5 Å². The van der Waals surface area contributed by atoms with Crippen molar-refractivity contribution in [2.75, 3.05) is 0 Å². The Morgan fingerprint density at radius 3 is 2.79 bits per heavy atom. The fraction of sp³-hybridized carbons (Fsp3) is 0.400. The first-order chi connectivity index (χ1) is 6.63. The molecule has 0 spiro atoms. The molecule has 1 aromatic heterocycles. The predicted octanol–water partition coefficient (Wildman–Crippen LogP) is 1.54. The molecule has 0 aliphatic rings. The summed E-state index contributed by atoms with van der Waals surface area (Å²) in [6, 6.07) is 3.45. The topological polar surface area (TPSA) is 72.0 Å². The number of hydrogen-bond acceptors (Lipinski definition) is 3. The average Bonchev–Trinajstić information content (AvgIpc) is 2.18. The summed E-state index contributed by atoms with van der Waals surface area (Å²) >= 11 is 0. The Bertz CT molecular complexity index is 308. The Kier molecular flexibility index (Phi) is 3.45. The van der Waals surface area contributed by atoms with Gasteiger partial charge in [-0.3, -0.25) is 5.41 Å². The Morgan fingerprint density at radius 1 is 1.64 bits per heavy atom. The Balaban J connectivity index is 2.68. The van der Waals surface area contributed by atoms with E-state index in [4.69, 9.17) is 15.9 Å². The van der Waals surface area contributed by atoms with Gasteiger partial charge in [-0.05, 0) is 19.4 Å². The quantitative estimate of drug-likeness (QED) is 0.562. The molecular weight excluding hydrogens is 178 g/mol. The molecule has 3 N–H and O–H groups in total. The molecule has 1 unspecified atom stereocenters. The molecule has 14 heavy (non-hydrogen) atoms. The lowest BCUT2D eigenvalue weighted by atomic mass is 10.2. The van der Waals surface area contributed by atoms with E-state index in [1.54, 1.807) is 18.3 Å². The predicted molar refractivity (Wildman–Crippen MR) is 55.6 cm³/mol. The summed E-state index contributed by atoms with van der Waals surface area (Å²) in [6.07, 6.45) is 2.64. The lowest BCUT2D eigenvalue weighted by Gasteiger charge is -2.11. The van der Waals surface area contributed by atoms with E-state index in [0.29, 0.717) is 11.4 Å². The van der Waals surface area contributed by atoms with Crippen LogP contribution in [0.25, 0.3) is 0 Å². The maximum Gasteiger partial charge on any atom is 0.213 e. The van der Waals surface area contributed by atoms with Gasteiger partial charge in [-0.1, -0.05) is 6.92 Å². The van der Waals surface area contributed by atoms with Crippen molar-refractivity contribution in [1.29, 1.82) is 5.41 Å². The maximum atomic E-state index is 7.18. The van der Waals surface area contributed by atoms with E-state index in [0.717, 1.165) is 6.42 Å². The molecular formula is C10H15N3O. The number of nitrogen functional groups attached to an aromatic ring is 1. The van der Waals surface area contributed by atoms with Crippen LogP contribution in [0, 0.1) is 5.41 Å². The van der Waals surface area contributed by atoms with Crippen LogP contribution >= 0.6 is 0 Å². The molecule has 0 fully saturated rings. The van der Waals surface area contributed by atoms with E-state index < -0.39 is 0 Å². The second-order valence-electron chi connectivity index (χ2n) is 3.14. The van der Waals surface area contributed by atoms with Gasteiger partial charge in [0.25, 0.3) is 0 Å². The summed E-state index contributed by atoms with van der Waals surface area (Å²) in [4.78, 5) is 4.04. The standard InChI is InChI=1S/C10H15N3O/c1-3-7(2)14-9-5-4-8(6-13-9)10(11)12/h4-7H,3H2,1-2H3,(H3,11,12). The summed E-state index contributed by atoms with van der Waals surface area (Å²) in [5.74, 6) is 0.594. The molecule has 76 valence electrons. The van der Waals surface area contributed by atoms with E-state index in [9.17, 15) is 0 Å². The molecule has 0 saturated carbocycles. The number of ether oxygens (including phenoxy) is 1. The first-order valence-corrected chi connectivity index (χ1v) is 4.60. The van der Waals surface area contributed by atoms with Crippen LogP contribution in [0.2, 0.25) is 0 Å². The number of rotatable bonds is 4. The van der Waals surface area contributed by atoms with Gasteiger partial charge in [0.05, 0.1) is 6.10 Å². The van der Waals surface area contributed by atoms with Crippen molar-refractivity contribution in [2.45, 2.75) is 26.4 Å². The van der Waals surface area contributed by atoms with Crippen molar-refractivity contribution in [3.63, 3.8) is 0 Å².